The van der Waals surface area contributed by atoms with E-state index < -0.39 is 0 Å². The van der Waals surface area contributed by atoms with E-state index in [1.807, 2.05) is 25.7 Å². The number of hydrogen-bond acceptors (Lipinski definition) is 3. The average Bonchev–Trinajstić information content (AvgIpc) is 2.14. The Hall–Kier alpha value is -0.610. The number of nitrogens with two attached hydrogens (primary N) is 1. The van der Waals surface area contributed by atoms with Crippen LogP contribution in [0.3, 0.4) is 0 Å². The highest BCUT2D eigenvalue weighted by atomic mass is 16.5. The zero-order valence-corrected chi connectivity index (χ0v) is 9.25. The monoisotopic (exact) mass is 200 g/mol. The molecule has 1 amide bonds. The number of ether oxygens (including phenoxy) is 1. The van der Waals surface area contributed by atoms with Gasteiger partial charge < -0.3 is 15.4 Å². The largest absolute Gasteiger partial charge is 0.367 e. The van der Waals surface area contributed by atoms with Crippen molar-refractivity contribution in [2.75, 3.05) is 19.6 Å². The van der Waals surface area contributed by atoms with Gasteiger partial charge in [-0.3, -0.25) is 4.79 Å². The van der Waals surface area contributed by atoms with E-state index in [-0.39, 0.29) is 17.6 Å². The number of amides is 1. The molecule has 1 aliphatic heterocycles. The van der Waals surface area contributed by atoms with Gasteiger partial charge in [0.2, 0.25) is 5.91 Å². The van der Waals surface area contributed by atoms with Gasteiger partial charge in [0.25, 0.3) is 0 Å². The lowest BCUT2D eigenvalue weighted by atomic mass is 10.0. The molecule has 1 atom stereocenters. The van der Waals surface area contributed by atoms with Crippen molar-refractivity contribution < 1.29 is 9.53 Å². The van der Waals surface area contributed by atoms with Crippen LogP contribution in [-0.2, 0) is 9.53 Å². The molecule has 0 saturated carbocycles. The maximum absolute atomic E-state index is 11.5. The van der Waals surface area contributed by atoms with Crippen LogP contribution in [0.15, 0.2) is 0 Å². The molecule has 0 aromatic heterocycles. The zero-order valence-electron chi connectivity index (χ0n) is 9.25. The number of carbonyl (C=O) groups excluding carboxylic acids is 1. The number of hydrogen-bond donors (Lipinski definition) is 1. The van der Waals surface area contributed by atoms with E-state index in [4.69, 9.17) is 10.5 Å². The van der Waals surface area contributed by atoms with Crippen LogP contribution in [0.1, 0.15) is 27.2 Å². The molecule has 1 aliphatic rings. The van der Waals surface area contributed by atoms with Gasteiger partial charge in [0.15, 0.2) is 0 Å². The molecule has 0 spiro atoms. The van der Waals surface area contributed by atoms with Gasteiger partial charge in [-0.1, -0.05) is 6.92 Å². The fourth-order valence-electron chi connectivity index (χ4n) is 1.83. The molecule has 14 heavy (non-hydrogen) atoms. The van der Waals surface area contributed by atoms with E-state index in [9.17, 15) is 4.79 Å². The summed E-state index contributed by atoms with van der Waals surface area (Å²) < 4.78 is 5.73. The minimum atomic E-state index is -0.271. The smallest absolute Gasteiger partial charge is 0.222 e. The van der Waals surface area contributed by atoms with Crippen LogP contribution in [0, 0.1) is 0 Å². The molecule has 0 radical (unpaired) electrons. The normalized spacial score (nSPS) is 26.3. The molecule has 4 nitrogen and oxygen atoms in total. The predicted molar refractivity (Wildman–Crippen MR) is 54.9 cm³/mol. The summed E-state index contributed by atoms with van der Waals surface area (Å²) in [7, 11) is 0. The summed E-state index contributed by atoms with van der Waals surface area (Å²) in [5.74, 6) is 0.180. The Bertz CT molecular complexity index is 216. The second-order valence-corrected chi connectivity index (χ2v) is 4.36. The molecule has 1 unspecified atom stereocenters. The van der Waals surface area contributed by atoms with E-state index in [2.05, 4.69) is 0 Å². The summed E-state index contributed by atoms with van der Waals surface area (Å²) in [5, 5.41) is 0. The van der Waals surface area contributed by atoms with Crippen LogP contribution in [0.2, 0.25) is 0 Å². The lowest BCUT2D eigenvalue weighted by Crippen LogP contribution is -2.56. The van der Waals surface area contributed by atoms with Crippen LogP contribution in [0.5, 0.6) is 0 Å². The fourth-order valence-corrected chi connectivity index (χ4v) is 1.83. The van der Waals surface area contributed by atoms with Crippen molar-refractivity contribution in [3.05, 3.63) is 0 Å². The first kappa shape index (κ1) is 11.5. The standard InChI is InChI=1S/C10H20N2O2/c1-4-9(13)12-6-8(5-11)14-10(2,3)7-12/h8H,4-7,11H2,1-3H3. The van der Waals surface area contributed by atoms with E-state index in [1.54, 1.807) is 0 Å². The van der Waals surface area contributed by atoms with Gasteiger partial charge in [0.1, 0.15) is 0 Å². The third kappa shape index (κ3) is 2.69. The lowest BCUT2D eigenvalue weighted by Gasteiger charge is -2.42. The zero-order chi connectivity index (χ0) is 10.8. The number of nitrogens with zero attached hydrogens (tertiary/aromatic N) is 1. The van der Waals surface area contributed by atoms with Crippen LogP contribution < -0.4 is 5.73 Å². The van der Waals surface area contributed by atoms with Gasteiger partial charge in [-0.05, 0) is 13.8 Å². The Balaban J connectivity index is 2.65. The molecule has 82 valence electrons. The van der Waals surface area contributed by atoms with Crippen LogP contribution >= 0.6 is 0 Å². The molecule has 1 fully saturated rings. The third-order valence-corrected chi connectivity index (χ3v) is 2.40. The molecule has 2 N–H and O–H groups in total. The van der Waals surface area contributed by atoms with Crippen molar-refractivity contribution in [1.82, 2.24) is 4.90 Å². The van der Waals surface area contributed by atoms with Gasteiger partial charge >= 0.3 is 0 Å². The number of rotatable bonds is 2. The molecular formula is C10H20N2O2. The third-order valence-electron chi connectivity index (χ3n) is 2.40. The van der Waals surface area contributed by atoms with E-state index in [0.29, 0.717) is 26.1 Å². The van der Waals surface area contributed by atoms with Gasteiger partial charge in [0.05, 0.1) is 11.7 Å². The Morgan fingerprint density at radius 1 is 1.64 bits per heavy atom. The summed E-state index contributed by atoms with van der Waals surface area (Å²) in [5.41, 5.74) is 5.29. The second kappa shape index (κ2) is 4.28. The summed E-state index contributed by atoms with van der Waals surface area (Å²) >= 11 is 0. The molecular weight excluding hydrogens is 180 g/mol. The quantitative estimate of drug-likeness (QED) is 0.700. The molecule has 0 aromatic carbocycles. The molecule has 4 heteroatoms. The van der Waals surface area contributed by atoms with Crippen LogP contribution in [-0.4, -0.2) is 42.1 Å². The van der Waals surface area contributed by atoms with E-state index in [1.165, 1.54) is 0 Å². The molecule has 1 saturated heterocycles. The summed E-state index contributed by atoms with van der Waals surface area (Å²) in [6.07, 6.45) is 0.530. The van der Waals surface area contributed by atoms with Crippen molar-refractivity contribution in [2.24, 2.45) is 5.73 Å². The first-order valence-corrected chi connectivity index (χ1v) is 5.14. The second-order valence-electron chi connectivity index (χ2n) is 4.36. The molecule has 1 rings (SSSR count). The highest BCUT2D eigenvalue weighted by Crippen LogP contribution is 2.20. The van der Waals surface area contributed by atoms with Crippen molar-refractivity contribution in [3.63, 3.8) is 0 Å². The SMILES string of the molecule is CCC(=O)N1CC(CN)OC(C)(C)C1. The number of morpholine rings is 1. The van der Waals surface area contributed by atoms with E-state index >= 15 is 0 Å². The van der Waals surface area contributed by atoms with Gasteiger partial charge in [-0.2, -0.15) is 0 Å². The Morgan fingerprint density at radius 3 is 2.79 bits per heavy atom. The number of carbonyl (C=O) groups is 1. The molecule has 0 aromatic rings. The minimum Gasteiger partial charge on any atom is -0.367 e. The highest BCUT2D eigenvalue weighted by molar-refractivity contribution is 5.76. The van der Waals surface area contributed by atoms with Gasteiger partial charge in [-0.25, -0.2) is 0 Å². The highest BCUT2D eigenvalue weighted by Gasteiger charge is 2.34. The fraction of sp³-hybridized carbons (Fsp3) is 0.900. The molecule has 0 bridgehead atoms. The van der Waals surface area contributed by atoms with Crippen molar-refractivity contribution in [1.29, 1.82) is 0 Å². The van der Waals surface area contributed by atoms with Crippen molar-refractivity contribution >= 4 is 5.91 Å². The molecule has 1 heterocycles. The Labute approximate surface area is 85.4 Å². The summed E-state index contributed by atoms with van der Waals surface area (Å²) in [6, 6.07) is 0. The Kier molecular flexibility index (Phi) is 3.50. The van der Waals surface area contributed by atoms with E-state index in [0.717, 1.165) is 0 Å². The molecule has 0 aliphatic carbocycles. The first-order chi connectivity index (χ1) is 6.48. The van der Waals surface area contributed by atoms with Crippen LogP contribution in [0.25, 0.3) is 0 Å². The van der Waals surface area contributed by atoms with Crippen molar-refractivity contribution in [2.45, 2.75) is 38.9 Å². The van der Waals surface area contributed by atoms with Gasteiger partial charge in [-0.15, -0.1) is 0 Å². The Morgan fingerprint density at radius 2 is 2.29 bits per heavy atom. The topological polar surface area (TPSA) is 55.6 Å². The summed E-state index contributed by atoms with van der Waals surface area (Å²) in [6.45, 7) is 7.62. The van der Waals surface area contributed by atoms with Crippen molar-refractivity contribution in [3.8, 4) is 0 Å². The first-order valence-electron chi connectivity index (χ1n) is 5.14. The van der Waals surface area contributed by atoms with Gasteiger partial charge in [0, 0.05) is 26.1 Å². The lowest BCUT2D eigenvalue weighted by molar-refractivity contribution is -0.159. The predicted octanol–water partition coefficient (Wildman–Crippen LogP) is 0.361. The minimum absolute atomic E-state index is 0.0192. The summed E-state index contributed by atoms with van der Waals surface area (Å²) in [4.78, 5) is 13.4. The van der Waals surface area contributed by atoms with Crippen LogP contribution in [0.4, 0.5) is 0 Å². The maximum Gasteiger partial charge on any atom is 0.222 e. The maximum atomic E-state index is 11.5. The average molecular weight is 200 g/mol.